The Morgan fingerprint density at radius 2 is 2.08 bits per heavy atom. The third-order valence-corrected chi connectivity index (χ3v) is 4.63. The largest absolute Gasteiger partial charge is 0.345 e. The van der Waals surface area contributed by atoms with Gasteiger partial charge in [-0.2, -0.15) is 0 Å². The zero-order valence-electron chi connectivity index (χ0n) is 12.9. The average molecular weight is 366 g/mol. The van der Waals surface area contributed by atoms with Crippen LogP contribution in [0, 0.1) is 0 Å². The van der Waals surface area contributed by atoms with E-state index in [0.717, 1.165) is 30.2 Å². The summed E-state index contributed by atoms with van der Waals surface area (Å²) in [7, 11) is -3.42. The van der Waals surface area contributed by atoms with E-state index < -0.39 is 10.0 Å². The summed E-state index contributed by atoms with van der Waals surface area (Å²) < 4.78 is 24.9. The molecule has 0 saturated heterocycles. The quantitative estimate of drug-likeness (QED) is 0.871. The molecular weight excluding hydrogens is 350 g/mol. The first-order valence-corrected chi connectivity index (χ1v) is 9.61. The molecule has 24 heavy (non-hydrogen) atoms. The Bertz CT molecular complexity index is 899. The van der Waals surface area contributed by atoms with Crippen molar-refractivity contribution in [2.75, 3.05) is 11.0 Å². The molecule has 0 bridgehead atoms. The number of halogens is 1. The van der Waals surface area contributed by atoms with Crippen LogP contribution in [0.3, 0.4) is 0 Å². The van der Waals surface area contributed by atoms with Gasteiger partial charge in [-0.05, 0) is 42.2 Å². The molecule has 1 aromatic heterocycles. The number of nitrogens with zero attached hydrogens (tertiary/aromatic N) is 1. The number of sulfonamides is 1. The predicted octanol–water partition coefficient (Wildman–Crippen LogP) is 2.52. The molecule has 126 valence electrons. The Kier molecular flexibility index (Phi) is 4.47. The number of benzene rings is 1. The molecule has 1 aliphatic carbocycles. The molecule has 0 fully saturated rings. The zero-order valence-corrected chi connectivity index (χ0v) is 14.5. The molecule has 1 aliphatic rings. The number of fused-ring (bicyclic) bond motifs is 1. The molecule has 0 radical (unpaired) electrons. The van der Waals surface area contributed by atoms with Crippen LogP contribution in [-0.4, -0.2) is 25.6 Å². The number of carbonyl (C=O) groups is 1. The van der Waals surface area contributed by atoms with Crippen LogP contribution in [0.5, 0.6) is 0 Å². The number of carbonyl (C=O) groups excluding carboxylic acids is 1. The normalized spacial score (nSPS) is 16.5. The average Bonchev–Trinajstić information content (AvgIpc) is 2.88. The first-order valence-electron chi connectivity index (χ1n) is 7.34. The van der Waals surface area contributed by atoms with E-state index in [1.54, 1.807) is 0 Å². The van der Waals surface area contributed by atoms with Crippen LogP contribution >= 0.6 is 11.6 Å². The van der Waals surface area contributed by atoms with Crippen molar-refractivity contribution in [3.05, 3.63) is 58.4 Å². The van der Waals surface area contributed by atoms with Gasteiger partial charge in [0.2, 0.25) is 10.0 Å². The Hall–Kier alpha value is -2.12. The minimum absolute atomic E-state index is 0.0868. The van der Waals surface area contributed by atoms with Crippen molar-refractivity contribution in [2.45, 2.75) is 18.9 Å². The minimum atomic E-state index is -3.42. The van der Waals surface area contributed by atoms with Crippen molar-refractivity contribution >= 4 is 33.2 Å². The van der Waals surface area contributed by atoms with Crippen molar-refractivity contribution in [2.24, 2.45) is 0 Å². The van der Waals surface area contributed by atoms with Gasteiger partial charge in [-0.3, -0.25) is 14.5 Å². The summed E-state index contributed by atoms with van der Waals surface area (Å²) >= 11 is 5.99. The van der Waals surface area contributed by atoms with Crippen LogP contribution in [0.15, 0.2) is 36.7 Å². The maximum atomic E-state index is 12.4. The van der Waals surface area contributed by atoms with Gasteiger partial charge in [-0.25, -0.2) is 8.42 Å². The number of amides is 1. The molecular formula is C16H16ClN3O3S. The van der Waals surface area contributed by atoms with Gasteiger partial charge in [0.05, 0.1) is 29.7 Å². The van der Waals surface area contributed by atoms with Crippen LogP contribution < -0.4 is 10.0 Å². The topological polar surface area (TPSA) is 88.2 Å². The summed E-state index contributed by atoms with van der Waals surface area (Å²) in [5, 5.41) is 3.65. The summed E-state index contributed by atoms with van der Waals surface area (Å²) in [6, 6.07) is 7.03. The summed E-state index contributed by atoms with van der Waals surface area (Å²) in [4.78, 5) is 16.4. The molecule has 1 heterocycles. The van der Waals surface area contributed by atoms with Crippen LogP contribution in [0.1, 0.15) is 33.9 Å². The van der Waals surface area contributed by atoms with Gasteiger partial charge in [-0.15, -0.1) is 0 Å². The minimum Gasteiger partial charge on any atom is -0.345 e. The van der Waals surface area contributed by atoms with Crippen molar-refractivity contribution < 1.29 is 13.2 Å². The fourth-order valence-corrected chi connectivity index (χ4v) is 3.55. The molecule has 2 N–H and O–H groups in total. The standard InChI is InChI=1S/C16H16ClN3O3S/c1-24(22,23)20-13-7-11(8-18-9-13)16(21)19-15-5-2-10-6-12(17)3-4-14(10)15/h3-4,6-9,15,20H,2,5H2,1H3,(H,19,21)/t15-/m1/s1. The number of rotatable bonds is 4. The first kappa shape index (κ1) is 16.7. The number of hydrogen-bond acceptors (Lipinski definition) is 4. The smallest absolute Gasteiger partial charge is 0.253 e. The molecule has 2 aromatic rings. The third-order valence-electron chi connectivity index (χ3n) is 3.79. The molecule has 1 atom stereocenters. The molecule has 0 spiro atoms. The van der Waals surface area contributed by atoms with Gasteiger partial charge in [0.15, 0.2) is 0 Å². The molecule has 8 heteroatoms. The summed E-state index contributed by atoms with van der Waals surface area (Å²) in [5.74, 6) is -0.299. The fourth-order valence-electron chi connectivity index (χ4n) is 2.81. The SMILES string of the molecule is CS(=O)(=O)Nc1cncc(C(=O)N[C@@H]2CCc3cc(Cl)ccc32)c1. The highest BCUT2D eigenvalue weighted by Gasteiger charge is 2.24. The monoisotopic (exact) mass is 365 g/mol. The van der Waals surface area contributed by atoms with Gasteiger partial charge < -0.3 is 5.32 Å². The molecule has 1 aromatic carbocycles. The number of aromatic nitrogens is 1. The molecule has 0 saturated carbocycles. The van der Waals surface area contributed by atoms with E-state index in [1.165, 1.54) is 18.5 Å². The Balaban J connectivity index is 1.76. The predicted molar refractivity (Wildman–Crippen MR) is 92.7 cm³/mol. The number of pyridine rings is 1. The van der Waals surface area contributed by atoms with E-state index in [9.17, 15) is 13.2 Å². The molecule has 1 amide bonds. The lowest BCUT2D eigenvalue weighted by Gasteiger charge is -2.14. The second kappa shape index (κ2) is 6.41. The number of nitrogens with one attached hydrogen (secondary N) is 2. The summed E-state index contributed by atoms with van der Waals surface area (Å²) in [5.41, 5.74) is 2.75. The first-order chi connectivity index (χ1) is 11.3. The van der Waals surface area contributed by atoms with Crippen molar-refractivity contribution in [3.8, 4) is 0 Å². The zero-order chi connectivity index (χ0) is 17.3. The highest BCUT2D eigenvalue weighted by Crippen LogP contribution is 2.33. The second-order valence-corrected chi connectivity index (χ2v) is 7.93. The Labute approximate surface area is 145 Å². The van der Waals surface area contributed by atoms with Crippen molar-refractivity contribution in [3.63, 3.8) is 0 Å². The van der Waals surface area contributed by atoms with Gasteiger partial charge in [0, 0.05) is 11.2 Å². The summed E-state index contributed by atoms with van der Waals surface area (Å²) in [6.45, 7) is 0. The number of anilines is 1. The van der Waals surface area contributed by atoms with Gasteiger partial charge in [0.1, 0.15) is 0 Å². The molecule has 6 nitrogen and oxygen atoms in total. The van der Waals surface area contributed by atoms with Crippen LogP contribution in [0.25, 0.3) is 0 Å². The lowest BCUT2D eigenvalue weighted by molar-refractivity contribution is 0.0936. The van der Waals surface area contributed by atoms with E-state index in [-0.39, 0.29) is 17.6 Å². The van der Waals surface area contributed by atoms with Crippen LogP contribution in [-0.2, 0) is 16.4 Å². The van der Waals surface area contributed by atoms with Gasteiger partial charge in [-0.1, -0.05) is 17.7 Å². The lowest BCUT2D eigenvalue weighted by Crippen LogP contribution is -2.27. The maximum absolute atomic E-state index is 12.4. The highest BCUT2D eigenvalue weighted by molar-refractivity contribution is 7.92. The Morgan fingerprint density at radius 1 is 1.29 bits per heavy atom. The van der Waals surface area contributed by atoms with Gasteiger partial charge >= 0.3 is 0 Å². The van der Waals surface area contributed by atoms with Crippen molar-refractivity contribution in [1.29, 1.82) is 0 Å². The molecule has 0 aliphatic heterocycles. The van der Waals surface area contributed by atoms with E-state index in [1.807, 2.05) is 18.2 Å². The van der Waals surface area contributed by atoms with Gasteiger partial charge in [0.25, 0.3) is 5.91 Å². The van der Waals surface area contributed by atoms with E-state index in [2.05, 4.69) is 15.0 Å². The summed E-state index contributed by atoms with van der Waals surface area (Å²) in [6.07, 6.45) is 5.45. The lowest BCUT2D eigenvalue weighted by atomic mass is 10.1. The Morgan fingerprint density at radius 3 is 2.83 bits per heavy atom. The number of aryl methyl sites for hydroxylation is 1. The van der Waals surface area contributed by atoms with Crippen LogP contribution in [0.4, 0.5) is 5.69 Å². The van der Waals surface area contributed by atoms with E-state index in [4.69, 9.17) is 11.6 Å². The molecule has 0 unspecified atom stereocenters. The van der Waals surface area contributed by atoms with E-state index >= 15 is 0 Å². The third kappa shape index (κ3) is 3.85. The maximum Gasteiger partial charge on any atom is 0.253 e. The van der Waals surface area contributed by atoms with E-state index in [0.29, 0.717) is 10.6 Å². The molecule has 3 rings (SSSR count). The second-order valence-electron chi connectivity index (χ2n) is 5.74. The highest BCUT2D eigenvalue weighted by atomic mass is 35.5. The van der Waals surface area contributed by atoms with Crippen LogP contribution in [0.2, 0.25) is 5.02 Å². The fraction of sp³-hybridized carbons (Fsp3) is 0.250. The number of hydrogen-bond donors (Lipinski definition) is 2. The van der Waals surface area contributed by atoms with Crippen molar-refractivity contribution in [1.82, 2.24) is 10.3 Å².